The standard InChI is InChI=1S/C20H33N5O/c1-5-22-19(26)17-8-6-16(7-9-17)14-23-20(21-4)24-18-10-12-25(13-11-18)15(2)3/h6-9,15,18H,5,10-14H2,1-4H3,(H,22,26)(H2,21,23,24). The second kappa shape index (κ2) is 10.2. The number of aliphatic imine (C=N–C) groups is 1. The van der Waals surface area contributed by atoms with E-state index in [-0.39, 0.29) is 5.91 Å². The molecular weight excluding hydrogens is 326 g/mol. The van der Waals surface area contributed by atoms with E-state index in [4.69, 9.17) is 0 Å². The van der Waals surface area contributed by atoms with Gasteiger partial charge in [0.15, 0.2) is 5.96 Å². The average Bonchev–Trinajstić information content (AvgIpc) is 2.66. The van der Waals surface area contributed by atoms with Crippen LogP contribution in [0, 0.1) is 0 Å². The van der Waals surface area contributed by atoms with Crippen LogP contribution in [0.2, 0.25) is 0 Å². The van der Waals surface area contributed by atoms with E-state index in [1.165, 1.54) is 0 Å². The maximum absolute atomic E-state index is 11.8. The summed E-state index contributed by atoms with van der Waals surface area (Å²) in [7, 11) is 1.80. The van der Waals surface area contributed by atoms with Crippen LogP contribution in [0.5, 0.6) is 0 Å². The third kappa shape index (κ3) is 6.02. The van der Waals surface area contributed by atoms with Crippen LogP contribution in [0.3, 0.4) is 0 Å². The summed E-state index contributed by atoms with van der Waals surface area (Å²) in [5, 5.41) is 9.70. The summed E-state index contributed by atoms with van der Waals surface area (Å²) >= 11 is 0. The molecule has 1 aromatic rings. The Morgan fingerprint density at radius 1 is 1.19 bits per heavy atom. The summed E-state index contributed by atoms with van der Waals surface area (Å²) in [4.78, 5) is 18.7. The molecule has 1 amide bonds. The molecule has 2 rings (SSSR count). The minimum absolute atomic E-state index is 0.0303. The van der Waals surface area contributed by atoms with Gasteiger partial charge >= 0.3 is 0 Å². The van der Waals surface area contributed by atoms with Gasteiger partial charge in [-0.05, 0) is 51.3 Å². The minimum atomic E-state index is -0.0303. The molecule has 1 heterocycles. The topological polar surface area (TPSA) is 68.8 Å². The number of hydrogen-bond acceptors (Lipinski definition) is 3. The van der Waals surface area contributed by atoms with Crippen molar-refractivity contribution in [1.29, 1.82) is 0 Å². The van der Waals surface area contributed by atoms with E-state index in [2.05, 4.69) is 39.7 Å². The molecule has 1 aromatic carbocycles. The number of benzene rings is 1. The van der Waals surface area contributed by atoms with Gasteiger partial charge in [0.2, 0.25) is 0 Å². The molecule has 0 aliphatic carbocycles. The van der Waals surface area contributed by atoms with Crippen LogP contribution >= 0.6 is 0 Å². The molecule has 0 aromatic heterocycles. The molecule has 0 saturated carbocycles. The van der Waals surface area contributed by atoms with E-state index >= 15 is 0 Å². The number of rotatable bonds is 6. The fourth-order valence-corrected chi connectivity index (χ4v) is 3.17. The Hall–Kier alpha value is -2.08. The van der Waals surface area contributed by atoms with Gasteiger partial charge < -0.3 is 20.9 Å². The van der Waals surface area contributed by atoms with E-state index < -0.39 is 0 Å². The predicted molar refractivity (Wildman–Crippen MR) is 108 cm³/mol. The lowest BCUT2D eigenvalue weighted by atomic mass is 10.0. The van der Waals surface area contributed by atoms with Crippen molar-refractivity contribution in [2.45, 2.75) is 52.2 Å². The van der Waals surface area contributed by atoms with Gasteiger partial charge in [-0.15, -0.1) is 0 Å². The van der Waals surface area contributed by atoms with Crippen molar-refractivity contribution in [1.82, 2.24) is 20.9 Å². The molecule has 3 N–H and O–H groups in total. The molecule has 1 fully saturated rings. The van der Waals surface area contributed by atoms with E-state index in [1.807, 2.05) is 31.2 Å². The van der Waals surface area contributed by atoms with Gasteiger partial charge in [-0.25, -0.2) is 0 Å². The lowest BCUT2D eigenvalue weighted by molar-refractivity contribution is 0.0956. The highest BCUT2D eigenvalue weighted by Gasteiger charge is 2.21. The van der Waals surface area contributed by atoms with Crippen LogP contribution in [0.15, 0.2) is 29.3 Å². The van der Waals surface area contributed by atoms with E-state index in [1.54, 1.807) is 7.05 Å². The summed E-state index contributed by atoms with van der Waals surface area (Å²) < 4.78 is 0. The molecule has 144 valence electrons. The molecule has 0 unspecified atom stereocenters. The highest BCUT2D eigenvalue weighted by Crippen LogP contribution is 2.13. The molecule has 26 heavy (non-hydrogen) atoms. The largest absolute Gasteiger partial charge is 0.354 e. The van der Waals surface area contributed by atoms with E-state index in [0.717, 1.165) is 37.5 Å². The van der Waals surface area contributed by atoms with Gasteiger partial charge in [-0.1, -0.05) is 12.1 Å². The molecule has 1 aliphatic rings. The van der Waals surface area contributed by atoms with Crippen LogP contribution in [0.1, 0.15) is 49.5 Å². The number of amides is 1. The van der Waals surface area contributed by atoms with Crippen LogP contribution in [-0.4, -0.2) is 55.5 Å². The Bertz CT molecular complexity index is 589. The number of likely N-dealkylation sites (tertiary alicyclic amines) is 1. The Morgan fingerprint density at radius 3 is 2.38 bits per heavy atom. The summed E-state index contributed by atoms with van der Waals surface area (Å²) in [6, 6.07) is 8.77. The monoisotopic (exact) mass is 359 g/mol. The average molecular weight is 360 g/mol. The molecule has 1 aliphatic heterocycles. The first-order valence-corrected chi connectivity index (χ1v) is 9.61. The van der Waals surface area contributed by atoms with Gasteiger partial charge in [0, 0.05) is 50.9 Å². The van der Waals surface area contributed by atoms with Crippen molar-refractivity contribution in [2.75, 3.05) is 26.7 Å². The normalized spacial score (nSPS) is 16.6. The van der Waals surface area contributed by atoms with Crippen molar-refractivity contribution >= 4 is 11.9 Å². The van der Waals surface area contributed by atoms with Crippen LogP contribution in [-0.2, 0) is 6.54 Å². The number of piperidine rings is 1. The van der Waals surface area contributed by atoms with E-state index in [9.17, 15) is 4.79 Å². The number of nitrogens with zero attached hydrogens (tertiary/aromatic N) is 2. The molecule has 0 spiro atoms. The molecule has 1 saturated heterocycles. The van der Waals surface area contributed by atoms with Crippen LogP contribution in [0.25, 0.3) is 0 Å². The second-order valence-electron chi connectivity index (χ2n) is 7.03. The Labute approximate surface area is 157 Å². The fourth-order valence-electron chi connectivity index (χ4n) is 3.17. The van der Waals surface area contributed by atoms with Crippen molar-refractivity contribution in [3.63, 3.8) is 0 Å². The van der Waals surface area contributed by atoms with Crippen LogP contribution in [0.4, 0.5) is 0 Å². The zero-order chi connectivity index (χ0) is 18.9. The number of nitrogens with one attached hydrogen (secondary N) is 3. The van der Waals surface area contributed by atoms with Gasteiger partial charge in [-0.2, -0.15) is 0 Å². The summed E-state index contributed by atoms with van der Waals surface area (Å²) in [5.74, 6) is 0.804. The quantitative estimate of drug-likeness (QED) is 0.537. The smallest absolute Gasteiger partial charge is 0.251 e. The maximum atomic E-state index is 11.8. The molecule has 0 radical (unpaired) electrons. The van der Waals surface area contributed by atoms with Gasteiger partial charge in [0.1, 0.15) is 0 Å². The Balaban J connectivity index is 1.79. The SMILES string of the molecule is CCNC(=O)c1ccc(CNC(=NC)NC2CCN(C(C)C)CC2)cc1. The fraction of sp³-hybridized carbons (Fsp3) is 0.600. The first-order valence-electron chi connectivity index (χ1n) is 9.61. The summed E-state index contributed by atoms with van der Waals surface area (Å²) in [6.07, 6.45) is 2.28. The molecule has 6 heteroatoms. The number of guanidine groups is 1. The van der Waals surface area contributed by atoms with Crippen molar-refractivity contribution in [3.05, 3.63) is 35.4 Å². The van der Waals surface area contributed by atoms with Crippen molar-refractivity contribution in [3.8, 4) is 0 Å². The Kier molecular flexibility index (Phi) is 7.91. The van der Waals surface area contributed by atoms with Crippen LogP contribution < -0.4 is 16.0 Å². The first-order chi connectivity index (χ1) is 12.5. The van der Waals surface area contributed by atoms with Crippen molar-refractivity contribution in [2.24, 2.45) is 4.99 Å². The predicted octanol–water partition coefficient (Wildman–Crippen LogP) is 1.97. The van der Waals surface area contributed by atoms with Gasteiger partial charge in [0.05, 0.1) is 0 Å². The third-order valence-electron chi connectivity index (χ3n) is 4.84. The third-order valence-corrected chi connectivity index (χ3v) is 4.84. The van der Waals surface area contributed by atoms with Gasteiger partial charge in [0.25, 0.3) is 5.91 Å². The number of carbonyl (C=O) groups is 1. The second-order valence-corrected chi connectivity index (χ2v) is 7.03. The minimum Gasteiger partial charge on any atom is -0.354 e. The molecule has 0 bridgehead atoms. The van der Waals surface area contributed by atoms with Crippen molar-refractivity contribution < 1.29 is 4.79 Å². The Morgan fingerprint density at radius 2 is 1.85 bits per heavy atom. The molecule has 0 atom stereocenters. The van der Waals surface area contributed by atoms with E-state index in [0.29, 0.717) is 30.7 Å². The lowest BCUT2D eigenvalue weighted by Crippen LogP contribution is -2.49. The highest BCUT2D eigenvalue weighted by atomic mass is 16.1. The molecule has 6 nitrogen and oxygen atoms in total. The lowest BCUT2D eigenvalue weighted by Gasteiger charge is -2.35. The number of carbonyl (C=O) groups excluding carboxylic acids is 1. The highest BCUT2D eigenvalue weighted by molar-refractivity contribution is 5.94. The first kappa shape index (κ1) is 20.2. The zero-order valence-corrected chi connectivity index (χ0v) is 16.5. The van der Waals surface area contributed by atoms with Gasteiger partial charge in [-0.3, -0.25) is 9.79 Å². The molecular formula is C20H33N5O. The maximum Gasteiger partial charge on any atom is 0.251 e. The summed E-state index contributed by atoms with van der Waals surface area (Å²) in [5.41, 5.74) is 1.81. The zero-order valence-electron chi connectivity index (χ0n) is 16.5. The summed E-state index contributed by atoms with van der Waals surface area (Å²) in [6.45, 7) is 10.0. The number of hydrogen-bond donors (Lipinski definition) is 3.